The maximum Gasteiger partial charge on any atom is 0.152 e. The van der Waals surface area contributed by atoms with Crippen LogP contribution in [0.2, 0.25) is 0 Å². The van der Waals surface area contributed by atoms with Crippen LogP contribution in [0.25, 0.3) is 16.6 Å². The minimum atomic E-state index is 0.776. The first kappa shape index (κ1) is 13.8. The van der Waals surface area contributed by atoms with E-state index in [4.69, 9.17) is 0 Å². The topological polar surface area (TPSA) is 60.0 Å². The molecular formula is C17H18N6. The zero-order chi connectivity index (χ0) is 15.8. The summed E-state index contributed by atoms with van der Waals surface area (Å²) in [5.74, 6) is 1.88. The molecule has 1 N–H and O–H groups in total. The number of aromatic nitrogens is 5. The molecule has 6 nitrogen and oxygen atoms in total. The number of para-hydroxylation sites is 2. The van der Waals surface area contributed by atoms with E-state index in [-0.39, 0.29) is 0 Å². The number of hydrogen-bond acceptors (Lipinski definition) is 4. The molecule has 0 spiro atoms. The summed E-state index contributed by atoms with van der Waals surface area (Å²) in [5.41, 5.74) is 4.18. The maximum absolute atomic E-state index is 4.60. The highest BCUT2D eigenvalue weighted by Gasteiger charge is 2.08. The zero-order valence-electron chi connectivity index (χ0n) is 13.2. The van der Waals surface area contributed by atoms with Crippen molar-refractivity contribution in [2.45, 2.75) is 20.4 Å². The molecule has 4 aromatic rings. The Morgan fingerprint density at radius 2 is 2.00 bits per heavy atom. The molecule has 3 heterocycles. The summed E-state index contributed by atoms with van der Waals surface area (Å²) in [6.07, 6.45) is 3.63. The normalized spacial score (nSPS) is 11.4. The van der Waals surface area contributed by atoms with Crippen molar-refractivity contribution in [2.24, 2.45) is 0 Å². The predicted octanol–water partition coefficient (Wildman–Crippen LogP) is 2.81. The predicted molar refractivity (Wildman–Crippen MR) is 90.7 cm³/mol. The first-order chi connectivity index (χ1) is 11.2. The SMILES string of the molecule is Cc1cc2c(NCCn3c(C)nc4ccccc43)nccn2n1. The van der Waals surface area contributed by atoms with Gasteiger partial charge in [-0.25, -0.2) is 14.5 Å². The molecule has 1 aromatic carbocycles. The average molecular weight is 306 g/mol. The molecule has 0 aliphatic carbocycles. The fraction of sp³-hybridized carbons (Fsp3) is 0.235. The third kappa shape index (κ3) is 2.42. The summed E-state index contributed by atoms with van der Waals surface area (Å²) >= 11 is 0. The molecule has 4 rings (SSSR count). The summed E-state index contributed by atoms with van der Waals surface area (Å²) < 4.78 is 4.08. The molecule has 6 heteroatoms. The Morgan fingerprint density at radius 1 is 1.13 bits per heavy atom. The van der Waals surface area contributed by atoms with Crippen LogP contribution in [0.5, 0.6) is 0 Å². The van der Waals surface area contributed by atoms with Crippen LogP contribution in [-0.2, 0) is 6.54 Å². The number of nitrogens with one attached hydrogen (secondary N) is 1. The molecule has 0 saturated heterocycles. The van der Waals surface area contributed by atoms with Crippen molar-refractivity contribution in [3.63, 3.8) is 0 Å². The van der Waals surface area contributed by atoms with Gasteiger partial charge in [0.2, 0.25) is 0 Å². The molecule has 23 heavy (non-hydrogen) atoms. The fourth-order valence-electron chi connectivity index (χ4n) is 2.94. The second-order valence-corrected chi connectivity index (χ2v) is 5.62. The number of benzene rings is 1. The molecule has 0 atom stereocenters. The lowest BCUT2D eigenvalue weighted by molar-refractivity contribution is 0.720. The lowest BCUT2D eigenvalue weighted by Gasteiger charge is -2.09. The Morgan fingerprint density at radius 3 is 2.91 bits per heavy atom. The van der Waals surface area contributed by atoms with E-state index in [0.29, 0.717) is 0 Å². The first-order valence-electron chi connectivity index (χ1n) is 7.69. The van der Waals surface area contributed by atoms with E-state index in [0.717, 1.165) is 47.0 Å². The third-order valence-electron chi connectivity index (χ3n) is 3.99. The van der Waals surface area contributed by atoms with Gasteiger partial charge in [0.1, 0.15) is 11.3 Å². The fourth-order valence-corrected chi connectivity index (χ4v) is 2.94. The van der Waals surface area contributed by atoms with Gasteiger partial charge in [-0.3, -0.25) is 0 Å². The molecule has 0 aliphatic rings. The highest BCUT2D eigenvalue weighted by atomic mass is 15.2. The second kappa shape index (κ2) is 5.39. The molecule has 116 valence electrons. The van der Waals surface area contributed by atoms with Crippen LogP contribution < -0.4 is 5.32 Å². The van der Waals surface area contributed by atoms with E-state index in [1.165, 1.54) is 0 Å². The summed E-state index contributed by atoms with van der Waals surface area (Å²) in [5, 5.41) is 7.82. The third-order valence-corrected chi connectivity index (χ3v) is 3.99. The van der Waals surface area contributed by atoms with Gasteiger partial charge < -0.3 is 9.88 Å². The second-order valence-electron chi connectivity index (χ2n) is 5.62. The van der Waals surface area contributed by atoms with E-state index < -0.39 is 0 Å². The van der Waals surface area contributed by atoms with Crippen LogP contribution in [0.15, 0.2) is 42.7 Å². The summed E-state index contributed by atoms with van der Waals surface area (Å²) in [6.45, 7) is 5.64. The molecule has 0 aliphatic heterocycles. The van der Waals surface area contributed by atoms with Crippen molar-refractivity contribution in [1.29, 1.82) is 0 Å². The van der Waals surface area contributed by atoms with Crippen molar-refractivity contribution in [2.75, 3.05) is 11.9 Å². The molecule has 0 fully saturated rings. The van der Waals surface area contributed by atoms with Gasteiger partial charge in [0.25, 0.3) is 0 Å². The minimum Gasteiger partial charge on any atom is -0.366 e. The highest BCUT2D eigenvalue weighted by Crippen LogP contribution is 2.17. The van der Waals surface area contributed by atoms with Crippen molar-refractivity contribution in [3.8, 4) is 0 Å². The summed E-state index contributed by atoms with van der Waals surface area (Å²) in [7, 11) is 0. The molecule has 0 unspecified atom stereocenters. The Labute approximate surface area is 133 Å². The lowest BCUT2D eigenvalue weighted by atomic mass is 10.3. The van der Waals surface area contributed by atoms with Gasteiger partial charge in [0, 0.05) is 25.5 Å². The van der Waals surface area contributed by atoms with Crippen LogP contribution in [0.4, 0.5) is 5.82 Å². The zero-order valence-corrected chi connectivity index (χ0v) is 13.2. The van der Waals surface area contributed by atoms with Gasteiger partial charge >= 0.3 is 0 Å². The Hall–Kier alpha value is -2.89. The number of aryl methyl sites for hydroxylation is 2. The number of fused-ring (bicyclic) bond motifs is 2. The standard InChI is InChI=1S/C17H18N6/c1-12-11-16-17(19-8-10-23(16)21-12)18-7-9-22-13(2)20-14-5-3-4-6-15(14)22/h3-6,8,10-11H,7,9H2,1-2H3,(H,18,19). The molecular weight excluding hydrogens is 288 g/mol. The molecule has 0 bridgehead atoms. The van der Waals surface area contributed by atoms with Gasteiger partial charge in [-0.1, -0.05) is 12.1 Å². The maximum atomic E-state index is 4.60. The number of rotatable bonds is 4. The van der Waals surface area contributed by atoms with Gasteiger partial charge in [0.15, 0.2) is 5.82 Å². The molecule has 0 amide bonds. The van der Waals surface area contributed by atoms with Gasteiger partial charge in [-0.15, -0.1) is 0 Å². The molecule has 0 saturated carbocycles. The quantitative estimate of drug-likeness (QED) is 0.630. The van der Waals surface area contributed by atoms with Crippen molar-refractivity contribution in [1.82, 2.24) is 24.1 Å². The van der Waals surface area contributed by atoms with Crippen LogP contribution in [0, 0.1) is 13.8 Å². The van der Waals surface area contributed by atoms with Crippen molar-refractivity contribution < 1.29 is 0 Å². The Bertz CT molecular complexity index is 981. The van der Waals surface area contributed by atoms with Crippen molar-refractivity contribution in [3.05, 3.63) is 54.2 Å². The van der Waals surface area contributed by atoms with E-state index in [1.54, 1.807) is 6.20 Å². The lowest BCUT2D eigenvalue weighted by Crippen LogP contribution is -2.13. The molecule has 0 radical (unpaired) electrons. The average Bonchev–Trinajstić information content (AvgIpc) is 3.07. The number of imidazole rings is 1. The van der Waals surface area contributed by atoms with Gasteiger partial charge in [-0.05, 0) is 32.0 Å². The summed E-state index contributed by atoms with van der Waals surface area (Å²) in [4.78, 5) is 9.02. The minimum absolute atomic E-state index is 0.776. The summed E-state index contributed by atoms with van der Waals surface area (Å²) in [6, 6.07) is 10.3. The van der Waals surface area contributed by atoms with Gasteiger partial charge in [-0.2, -0.15) is 5.10 Å². The van der Waals surface area contributed by atoms with Crippen molar-refractivity contribution >= 4 is 22.4 Å². The largest absolute Gasteiger partial charge is 0.366 e. The Balaban J connectivity index is 1.56. The van der Waals surface area contributed by atoms with Crippen LogP contribution in [-0.4, -0.2) is 30.7 Å². The monoisotopic (exact) mass is 306 g/mol. The van der Waals surface area contributed by atoms with Crippen LogP contribution >= 0.6 is 0 Å². The smallest absolute Gasteiger partial charge is 0.152 e. The van der Waals surface area contributed by atoms with E-state index in [9.17, 15) is 0 Å². The first-order valence-corrected chi connectivity index (χ1v) is 7.69. The van der Waals surface area contributed by atoms with E-state index in [2.05, 4.69) is 31.0 Å². The molecule has 3 aromatic heterocycles. The number of anilines is 1. The highest BCUT2D eigenvalue weighted by molar-refractivity contribution is 5.75. The number of nitrogens with zero attached hydrogens (tertiary/aromatic N) is 5. The Kier molecular flexibility index (Phi) is 3.22. The van der Waals surface area contributed by atoms with Gasteiger partial charge in [0.05, 0.1) is 16.7 Å². The van der Waals surface area contributed by atoms with E-state index >= 15 is 0 Å². The van der Waals surface area contributed by atoms with Crippen LogP contribution in [0.1, 0.15) is 11.5 Å². The van der Waals surface area contributed by atoms with Crippen LogP contribution in [0.3, 0.4) is 0 Å². The number of hydrogen-bond donors (Lipinski definition) is 1. The van der Waals surface area contributed by atoms with E-state index in [1.807, 2.05) is 48.8 Å².